The molecule has 0 N–H and O–H groups in total. The minimum Gasteiger partial charge on any atom is -0.441 e. The van der Waals surface area contributed by atoms with E-state index in [1.54, 1.807) is 6.33 Å². The quantitative estimate of drug-likeness (QED) is 0.661. The van der Waals surface area contributed by atoms with Gasteiger partial charge in [-0.1, -0.05) is 30.2 Å². The van der Waals surface area contributed by atoms with Gasteiger partial charge in [0.1, 0.15) is 16.9 Å². The van der Waals surface area contributed by atoms with E-state index >= 15 is 0 Å². The molecular formula is C20H23ClN4O. The maximum atomic E-state index is 6.44. The molecular weight excluding hydrogens is 348 g/mol. The lowest BCUT2D eigenvalue weighted by Crippen LogP contribution is -2.31. The molecule has 26 heavy (non-hydrogen) atoms. The summed E-state index contributed by atoms with van der Waals surface area (Å²) in [6.07, 6.45) is 7.12. The Morgan fingerprint density at radius 1 is 1.15 bits per heavy atom. The predicted molar refractivity (Wildman–Crippen MR) is 104 cm³/mol. The van der Waals surface area contributed by atoms with Gasteiger partial charge in [0.15, 0.2) is 17.3 Å². The van der Waals surface area contributed by atoms with Gasteiger partial charge in [0.25, 0.3) is 0 Å². The van der Waals surface area contributed by atoms with Gasteiger partial charge in [0.2, 0.25) is 0 Å². The molecule has 136 valence electrons. The second kappa shape index (κ2) is 7.62. The Hall–Kier alpha value is -2.14. The van der Waals surface area contributed by atoms with Gasteiger partial charge in [-0.3, -0.25) is 0 Å². The van der Waals surface area contributed by atoms with Crippen LogP contribution >= 0.6 is 11.6 Å². The van der Waals surface area contributed by atoms with Gasteiger partial charge in [-0.25, -0.2) is 15.0 Å². The molecule has 4 rings (SSSR count). The van der Waals surface area contributed by atoms with E-state index in [2.05, 4.69) is 19.9 Å². The zero-order chi connectivity index (χ0) is 17.9. The molecule has 0 radical (unpaired) electrons. The lowest BCUT2D eigenvalue weighted by molar-refractivity contribution is 0.371. The lowest BCUT2D eigenvalue weighted by atomic mass is 9.93. The molecule has 1 aromatic carbocycles. The van der Waals surface area contributed by atoms with Crippen molar-refractivity contribution in [3.05, 3.63) is 47.2 Å². The number of hydrogen-bond donors (Lipinski definition) is 0. The Morgan fingerprint density at radius 2 is 2.04 bits per heavy atom. The maximum absolute atomic E-state index is 6.44. The number of para-hydroxylation sites is 2. The van der Waals surface area contributed by atoms with Gasteiger partial charge < -0.3 is 9.32 Å². The summed E-state index contributed by atoms with van der Waals surface area (Å²) in [7, 11) is 0. The number of aromatic nitrogens is 3. The third-order valence-electron chi connectivity index (χ3n) is 5.14. The highest BCUT2D eigenvalue weighted by atomic mass is 35.5. The molecule has 0 spiro atoms. The van der Waals surface area contributed by atoms with Crippen LogP contribution in [0.15, 0.2) is 35.0 Å². The number of oxazole rings is 1. The monoisotopic (exact) mass is 370 g/mol. The smallest absolute Gasteiger partial charge is 0.195 e. The highest BCUT2D eigenvalue weighted by molar-refractivity contribution is 6.33. The van der Waals surface area contributed by atoms with Gasteiger partial charge in [0, 0.05) is 19.5 Å². The summed E-state index contributed by atoms with van der Waals surface area (Å²) in [5.41, 5.74) is 2.65. The van der Waals surface area contributed by atoms with Crippen molar-refractivity contribution in [1.29, 1.82) is 0 Å². The standard InChI is InChI=1S/C20H23ClN4O/c1-14-19(21)20(23-13-22-14)25-10-5-4-6-15(9-11-25)12-18-24-16-7-2-3-8-17(16)26-18/h2-3,7-8,13,15H,4-6,9-12H2,1H3. The van der Waals surface area contributed by atoms with Gasteiger partial charge in [-0.15, -0.1) is 0 Å². The first-order chi connectivity index (χ1) is 12.7. The average molecular weight is 371 g/mol. The second-order valence-electron chi connectivity index (χ2n) is 7.01. The van der Waals surface area contributed by atoms with Crippen molar-refractivity contribution >= 4 is 28.5 Å². The van der Waals surface area contributed by atoms with E-state index in [9.17, 15) is 0 Å². The zero-order valence-electron chi connectivity index (χ0n) is 15.0. The Morgan fingerprint density at radius 3 is 2.92 bits per heavy atom. The first-order valence-electron chi connectivity index (χ1n) is 9.27. The topological polar surface area (TPSA) is 55.1 Å². The molecule has 3 aromatic rings. The molecule has 3 heterocycles. The zero-order valence-corrected chi connectivity index (χ0v) is 15.7. The van der Waals surface area contributed by atoms with Crippen molar-refractivity contribution in [3.63, 3.8) is 0 Å². The number of rotatable bonds is 3. The molecule has 5 nitrogen and oxygen atoms in total. The molecule has 0 aliphatic carbocycles. The molecule has 1 fully saturated rings. The van der Waals surface area contributed by atoms with Crippen LogP contribution < -0.4 is 4.90 Å². The third-order valence-corrected chi connectivity index (χ3v) is 5.59. The van der Waals surface area contributed by atoms with E-state index in [-0.39, 0.29) is 0 Å². The van der Waals surface area contributed by atoms with E-state index in [1.807, 2.05) is 31.2 Å². The van der Waals surface area contributed by atoms with Crippen LogP contribution in [0.4, 0.5) is 5.82 Å². The van der Waals surface area contributed by atoms with Gasteiger partial charge in [-0.05, 0) is 44.2 Å². The molecule has 1 aliphatic rings. The first-order valence-corrected chi connectivity index (χ1v) is 9.65. The van der Waals surface area contributed by atoms with Crippen LogP contribution in [0.5, 0.6) is 0 Å². The molecule has 0 bridgehead atoms. The number of aryl methyl sites for hydroxylation is 1. The number of anilines is 1. The molecule has 0 amide bonds. The number of halogens is 1. The van der Waals surface area contributed by atoms with E-state index in [0.29, 0.717) is 10.9 Å². The summed E-state index contributed by atoms with van der Waals surface area (Å²) in [5.74, 6) is 2.27. The molecule has 6 heteroatoms. The fourth-order valence-electron chi connectivity index (χ4n) is 3.67. The van der Waals surface area contributed by atoms with Crippen molar-refractivity contribution < 1.29 is 4.42 Å². The fourth-order valence-corrected chi connectivity index (χ4v) is 3.88. The van der Waals surface area contributed by atoms with Crippen molar-refractivity contribution in [2.24, 2.45) is 5.92 Å². The van der Waals surface area contributed by atoms with Crippen LogP contribution in [-0.2, 0) is 6.42 Å². The summed E-state index contributed by atoms with van der Waals surface area (Å²) in [6, 6.07) is 7.96. The van der Waals surface area contributed by atoms with E-state index in [1.165, 1.54) is 12.8 Å². The Kier molecular flexibility index (Phi) is 5.07. The summed E-state index contributed by atoms with van der Waals surface area (Å²) < 4.78 is 5.92. The Bertz CT molecular complexity index is 861. The van der Waals surface area contributed by atoms with E-state index in [0.717, 1.165) is 60.9 Å². The highest BCUT2D eigenvalue weighted by Crippen LogP contribution is 2.29. The molecule has 1 atom stereocenters. The average Bonchev–Trinajstić information content (AvgIpc) is 3.03. The summed E-state index contributed by atoms with van der Waals surface area (Å²) in [4.78, 5) is 15.5. The highest BCUT2D eigenvalue weighted by Gasteiger charge is 2.21. The number of benzene rings is 1. The summed E-state index contributed by atoms with van der Waals surface area (Å²) in [5, 5.41) is 0.670. The Labute approximate surface area is 158 Å². The first kappa shape index (κ1) is 17.3. The van der Waals surface area contributed by atoms with E-state index < -0.39 is 0 Å². The minimum atomic E-state index is 0.563. The van der Waals surface area contributed by atoms with Gasteiger partial charge >= 0.3 is 0 Å². The number of nitrogens with zero attached hydrogens (tertiary/aromatic N) is 4. The maximum Gasteiger partial charge on any atom is 0.195 e. The SMILES string of the molecule is Cc1ncnc(N2CCCCC(Cc3nc4ccccc4o3)CC2)c1Cl. The molecule has 1 aliphatic heterocycles. The normalized spacial score (nSPS) is 18.7. The summed E-state index contributed by atoms with van der Waals surface area (Å²) in [6.45, 7) is 3.86. The summed E-state index contributed by atoms with van der Waals surface area (Å²) >= 11 is 6.44. The molecule has 2 aromatic heterocycles. The van der Waals surface area contributed by atoms with Crippen molar-refractivity contribution in [3.8, 4) is 0 Å². The van der Waals surface area contributed by atoms with Crippen LogP contribution in [0.25, 0.3) is 11.1 Å². The van der Waals surface area contributed by atoms with Gasteiger partial charge in [-0.2, -0.15) is 0 Å². The lowest BCUT2D eigenvalue weighted by Gasteiger charge is -2.29. The minimum absolute atomic E-state index is 0.563. The van der Waals surface area contributed by atoms with E-state index in [4.69, 9.17) is 16.0 Å². The van der Waals surface area contributed by atoms with Crippen LogP contribution in [-0.4, -0.2) is 28.0 Å². The largest absolute Gasteiger partial charge is 0.441 e. The van der Waals surface area contributed by atoms with Crippen molar-refractivity contribution in [2.45, 2.75) is 39.0 Å². The second-order valence-corrected chi connectivity index (χ2v) is 7.39. The Balaban J connectivity index is 1.46. The predicted octanol–water partition coefficient (Wildman–Crippen LogP) is 4.82. The third kappa shape index (κ3) is 3.68. The van der Waals surface area contributed by atoms with Crippen molar-refractivity contribution in [2.75, 3.05) is 18.0 Å². The van der Waals surface area contributed by atoms with Gasteiger partial charge in [0.05, 0.1) is 5.69 Å². The van der Waals surface area contributed by atoms with Crippen LogP contribution in [0.1, 0.15) is 37.3 Å². The molecule has 0 saturated carbocycles. The molecule has 1 saturated heterocycles. The van der Waals surface area contributed by atoms with Crippen LogP contribution in [0, 0.1) is 12.8 Å². The fraction of sp³-hybridized carbons (Fsp3) is 0.450. The number of fused-ring (bicyclic) bond motifs is 1. The molecule has 1 unspecified atom stereocenters. The van der Waals surface area contributed by atoms with Crippen molar-refractivity contribution in [1.82, 2.24) is 15.0 Å². The van der Waals surface area contributed by atoms with Crippen LogP contribution in [0.2, 0.25) is 5.02 Å². The van der Waals surface area contributed by atoms with Crippen LogP contribution in [0.3, 0.4) is 0 Å². The number of hydrogen-bond acceptors (Lipinski definition) is 5.